The molecule has 2 aromatic rings. The lowest BCUT2D eigenvalue weighted by molar-refractivity contribution is 0.415. The Hall–Kier alpha value is -2.00. The lowest BCUT2D eigenvalue weighted by Crippen LogP contribution is -2.19. The van der Waals surface area contributed by atoms with Crippen LogP contribution in [0.1, 0.15) is 5.56 Å². The van der Waals surface area contributed by atoms with Crippen LogP contribution < -0.4 is 15.4 Å². The van der Waals surface area contributed by atoms with Crippen LogP contribution in [-0.2, 0) is 0 Å². The van der Waals surface area contributed by atoms with Gasteiger partial charge in [0, 0.05) is 11.8 Å². The predicted octanol–water partition coefficient (Wildman–Crippen LogP) is 4.68. The number of nitrogens with one attached hydrogen (secondary N) is 2. The summed E-state index contributed by atoms with van der Waals surface area (Å²) in [7, 11) is 1.52. The van der Waals surface area contributed by atoms with Crippen LogP contribution in [0.3, 0.4) is 0 Å². The van der Waals surface area contributed by atoms with E-state index in [9.17, 15) is 0 Å². The Morgan fingerprint density at radius 1 is 1.14 bits per heavy atom. The molecule has 0 unspecified atom stereocenters. The van der Waals surface area contributed by atoms with Crippen molar-refractivity contribution in [3.8, 4) is 11.8 Å². The fourth-order valence-electron chi connectivity index (χ4n) is 1.69. The number of ether oxygens (including phenoxy) is 1. The molecule has 112 valence electrons. The Balaban J connectivity index is 2.10. The van der Waals surface area contributed by atoms with Crippen LogP contribution in [0.2, 0.25) is 10.0 Å². The molecule has 2 N–H and O–H groups in total. The molecule has 0 aromatic heterocycles. The van der Waals surface area contributed by atoms with Gasteiger partial charge in [-0.25, -0.2) is 0 Å². The third-order valence-corrected chi connectivity index (χ3v) is 3.57. The molecule has 0 atom stereocenters. The average Bonchev–Trinajstić information content (AvgIpc) is 2.50. The number of halogens is 2. The third-order valence-electron chi connectivity index (χ3n) is 2.76. The van der Waals surface area contributed by atoms with Crippen molar-refractivity contribution in [2.45, 2.75) is 0 Å². The minimum Gasteiger partial charge on any atom is -0.495 e. The zero-order chi connectivity index (χ0) is 16.1. The number of rotatable bonds is 3. The molecule has 0 spiro atoms. The number of hydrogen-bond donors (Lipinski definition) is 2. The Morgan fingerprint density at radius 2 is 1.82 bits per heavy atom. The minimum atomic E-state index is 0.357. The first-order valence-electron chi connectivity index (χ1n) is 6.14. The van der Waals surface area contributed by atoms with E-state index in [1.807, 2.05) is 0 Å². The van der Waals surface area contributed by atoms with E-state index >= 15 is 0 Å². The smallest absolute Gasteiger partial charge is 0.175 e. The van der Waals surface area contributed by atoms with Gasteiger partial charge in [0.05, 0.1) is 34.5 Å². The molecule has 0 aliphatic carbocycles. The molecule has 0 fully saturated rings. The Morgan fingerprint density at radius 3 is 2.41 bits per heavy atom. The van der Waals surface area contributed by atoms with E-state index in [4.69, 9.17) is 45.4 Å². The van der Waals surface area contributed by atoms with Gasteiger partial charge in [-0.2, -0.15) is 5.26 Å². The molecule has 0 aliphatic heterocycles. The highest BCUT2D eigenvalue weighted by molar-refractivity contribution is 7.80. The second kappa shape index (κ2) is 7.32. The van der Waals surface area contributed by atoms with Crippen LogP contribution >= 0.6 is 35.4 Å². The SMILES string of the molecule is COc1cc(NC(=S)Nc2ccc(C#N)cc2)c(Cl)cc1Cl. The summed E-state index contributed by atoms with van der Waals surface area (Å²) in [5.41, 5.74) is 1.91. The van der Waals surface area contributed by atoms with E-state index in [1.54, 1.807) is 36.4 Å². The van der Waals surface area contributed by atoms with E-state index in [0.29, 0.717) is 32.2 Å². The standard InChI is InChI=1S/C15H11Cl2N3OS/c1-21-14-7-13(11(16)6-12(14)17)20-15(22)19-10-4-2-9(8-18)3-5-10/h2-7H,1H3,(H2,19,20,22). The van der Waals surface area contributed by atoms with Gasteiger partial charge in [-0.15, -0.1) is 0 Å². The van der Waals surface area contributed by atoms with Crippen LogP contribution in [0.5, 0.6) is 5.75 Å². The molecule has 0 saturated heterocycles. The fourth-order valence-corrected chi connectivity index (χ4v) is 2.43. The van der Waals surface area contributed by atoms with E-state index in [1.165, 1.54) is 7.11 Å². The summed E-state index contributed by atoms with van der Waals surface area (Å²) in [5.74, 6) is 0.495. The van der Waals surface area contributed by atoms with Crippen LogP contribution in [0.25, 0.3) is 0 Å². The van der Waals surface area contributed by atoms with Gasteiger partial charge in [0.25, 0.3) is 0 Å². The van der Waals surface area contributed by atoms with Crippen molar-refractivity contribution in [3.63, 3.8) is 0 Å². The van der Waals surface area contributed by atoms with E-state index in [-0.39, 0.29) is 0 Å². The maximum absolute atomic E-state index is 8.76. The molecule has 0 bridgehead atoms. The topological polar surface area (TPSA) is 57.1 Å². The number of thiocarbonyl (C=S) groups is 1. The molecular weight excluding hydrogens is 341 g/mol. The van der Waals surface area contributed by atoms with Gasteiger partial charge in [-0.05, 0) is 42.5 Å². The largest absolute Gasteiger partial charge is 0.495 e. The summed E-state index contributed by atoms with van der Waals surface area (Å²) in [5, 5.41) is 15.9. The van der Waals surface area contributed by atoms with Crippen LogP contribution in [0.4, 0.5) is 11.4 Å². The van der Waals surface area contributed by atoms with Crippen molar-refractivity contribution in [1.29, 1.82) is 5.26 Å². The van der Waals surface area contributed by atoms with Gasteiger partial charge in [0.2, 0.25) is 0 Å². The Kier molecular flexibility index (Phi) is 5.45. The van der Waals surface area contributed by atoms with Gasteiger partial charge in [-0.3, -0.25) is 0 Å². The predicted molar refractivity (Wildman–Crippen MR) is 94.0 cm³/mol. The van der Waals surface area contributed by atoms with Crippen molar-refractivity contribution in [2.24, 2.45) is 0 Å². The van der Waals surface area contributed by atoms with Crippen molar-refractivity contribution in [1.82, 2.24) is 0 Å². The zero-order valence-electron chi connectivity index (χ0n) is 11.5. The molecule has 4 nitrogen and oxygen atoms in total. The molecular formula is C15H11Cl2N3OS. The van der Waals surface area contributed by atoms with E-state index in [0.717, 1.165) is 5.69 Å². The van der Waals surface area contributed by atoms with E-state index < -0.39 is 0 Å². The lowest BCUT2D eigenvalue weighted by atomic mass is 10.2. The third kappa shape index (κ3) is 4.01. The first-order valence-corrected chi connectivity index (χ1v) is 7.31. The number of benzene rings is 2. The average molecular weight is 352 g/mol. The number of nitrogens with zero attached hydrogens (tertiary/aromatic N) is 1. The number of anilines is 2. The molecule has 0 amide bonds. The number of nitriles is 1. The van der Waals surface area contributed by atoms with Crippen LogP contribution in [-0.4, -0.2) is 12.2 Å². The first kappa shape index (κ1) is 16.4. The summed E-state index contributed by atoms with van der Waals surface area (Å²) in [4.78, 5) is 0. The van der Waals surface area contributed by atoms with Gasteiger partial charge >= 0.3 is 0 Å². The van der Waals surface area contributed by atoms with Crippen molar-refractivity contribution < 1.29 is 4.74 Å². The second-order valence-electron chi connectivity index (χ2n) is 4.23. The molecule has 2 rings (SSSR count). The molecule has 7 heteroatoms. The highest BCUT2D eigenvalue weighted by atomic mass is 35.5. The number of methoxy groups -OCH3 is 1. The first-order chi connectivity index (χ1) is 10.5. The number of hydrogen-bond acceptors (Lipinski definition) is 3. The maximum Gasteiger partial charge on any atom is 0.175 e. The molecule has 0 saturated carbocycles. The highest BCUT2D eigenvalue weighted by Gasteiger charge is 2.09. The summed E-state index contributed by atoms with van der Waals surface area (Å²) < 4.78 is 5.14. The molecule has 0 heterocycles. The van der Waals surface area contributed by atoms with Gasteiger partial charge in [0.15, 0.2) is 5.11 Å². The molecule has 2 aromatic carbocycles. The van der Waals surface area contributed by atoms with Gasteiger partial charge < -0.3 is 15.4 Å². The lowest BCUT2D eigenvalue weighted by Gasteiger charge is -2.13. The van der Waals surface area contributed by atoms with Crippen molar-refractivity contribution >= 4 is 51.9 Å². The van der Waals surface area contributed by atoms with Crippen LogP contribution in [0.15, 0.2) is 36.4 Å². The zero-order valence-corrected chi connectivity index (χ0v) is 13.8. The monoisotopic (exact) mass is 351 g/mol. The Bertz CT molecular complexity index is 742. The Labute approximate surface area is 143 Å². The maximum atomic E-state index is 8.76. The fraction of sp³-hybridized carbons (Fsp3) is 0.0667. The normalized spacial score (nSPS) is 9.73. The van der Waals surface area contributed by atoms with Gasteiger partial charge in [0.1, 0.15) is 5.75 Å². The quantitative estimate of drug-likeness (QED) is 0.786. The molecule has 0 aliphatic rings. The second-order valence-corrected chi connectivity index (χ2v) is 5.46. The summed E-state index contributed by atoms with van der Waals surface area (Å²) in [6, 6.07) is 12.2. The highest BCUT2D eigenvalue weighted by Crippen LogP contribution is 2.34. The summed E-state index contributed by atoms with van der Waals surface area (Å²) in [6.45, 7) is 0. The summed E-state index contributed by atoms with van der Waals surface area (Å²) >= 11 is 17.3. The summed E-state index contributed by atoms with van der Waals surface area (Å²) in [6.07, 6.45) is 0. The van der Waals surface area contributed by atoms with Crippen LogP contribution in [0, 0.1) is 11.3 Å². The molecule has 0 radical (unpaired) electrons. The van der Waals surface area contributed by atoms with Crippen molar-refractivity contribution in [2.75, 3.05) is 17.7 Å². The minimum absolute atomic E-state index is 0.357. The molecule has 22 heavy (non-hydrogen) atoms. The van der Waals surface area contributed by atoms with Crippen molar-refractivity contribution in [3.05, 3.63) is 52.0 Å². The van der Waals surface area contributed by atoms with Gasteiger partial charge in [-0.1, -0.05) is 23.2 Å². The van der Waals surface area contributed by atoms with E-state index in [2.05, 4.69) is 16.7 Å².